The highest BCUT2D eigenvalue weighted by molar-refractivity contribution is 6.42. The number of aliphatic hydroxyl groups excluding tert-OH is 3. The van der Waals surface area contributed by atoms with Gasteiger partial charge in [-0.05, 0) is 53.1 Å². The van der Waals surface area contributed by atoms with Gasteiger partial charge >= 0.3 is 6.09 Å². The van der Waals surface area contributed by atoms with Crippen molar-refractivity contribution in [1.82, 2.24) is 16.0 Å². The van der Waals surface area contributed by atoms with E-state index in [-0.39, 0.29) is 23.0 Å². The van der Waals surface area contributed by atoms with E-state index < -0.39 is 60.3 Å². The molecule has 0 radical (unpaired) electrons. The number of nitrogens with one attached hydrogen (secondary N) is 3. The van der Waals surface area contributed by atoms with Gasteiger partial charge in [0.15, 0.2) is 12.2 Å². The van der Waals surface area contributed by atoms with Crippen LogP contribution in [0, 0.1) is 5.92 Å². The molecule has 6 unspecified atom stereocenters. The second kappa shape index (κ2) is 19.2. The maximum absolute atomic E-state index is 13.7. The van der Waals surface area contributed by atoms with Gasteiger partial charge in [-0.3, -0.25) is 9.59 Å². The summed E-state index contributed by atoms with van der Waals surface area (Å²) in [5, 5.41) is 42.5. The molecule has 0 aliphatic carbocycles. The molecule has 0 fully saturated rings. The molecule has 0 aliphatic rings. The van der Waals surface area contributed by atoms with Crippen molar-refractivity contribution in [3.05, 3.63) is 141 Å². The van der Waals surface area contributed by atoms with Gasteiger partial charge in [0, 0.05) is 6.54 Å². The molecule has 4 rings (SSSR count). The van der Waals surface area contributed by atoms with E-state index in [1.807, 2.05) is 30.3 Å². The summed E-state index contributed by atoms with van der Waals surface area (Å²) in [6.07, 6.45) is -6.73. The first-order valence-corrected chi connectivity index (χ1v) is 17.4. The summed E-state index contributed by atoms with van der Waals surface area (Å²) in [5.41, 5.74) is 2.63. The number of rotatable bonds is 16. The Morgan fingerprint density at radius 1 is 0.706 bits per heavy atom. The Labute approximate surface area is 307 Å². The van der Waals surface area contributed by atoms with E-state index in [2.05, 4.69) is 16.0 Å². The number of carbonyl (C=O) groups is 3. The van der Waals surface area contributed by atoms with Crippen LogP contribution in [0.1, 0.15) is 48.2 Å². The van der Waals surface area contributed by atoms with Crippen LogP contribution in [-0.4, -0.2) is 64.1 Å². The molecule has 10 nitrogen and oxygen atoms in total. The number of alkyl carbamates (subject to hydrolysis) is 1. The molecule has 270 valence electrons. The minimum atomic E-state index is -2.06. The summed E-state index contributed by atoms with van der Waals surface area (Å²) >= 11 is 12.3. The third-order valence-corrected chi connectivity index (χ3v) is 9.05. The summed E-state index contributed by atoms with van der Waals surface area (Å²) in [6.45, 7) is 3.66. The Hall–Kier alpha value is -4.45. The maximum atomic E-state index is 13.7. The van der Waals surface area contributed by atoms with Gasteiger partial charge in [-0.1, -0.05) is 134 Å². The average Bonchev–Trinajstić information content (AvgIpc) is 3.14. The van der Waals surface area contributed by atoms with Crippen LogP contribution in [0.4, 0.5) is 4.79 Å². The standard InChI is InChI=1S/C39H43Cl2N3O7/c1-24(2)36(51-39(50)42-21-20-25-12-6-3-7-13-25)38(49)43-31(23-26-18-19-29(40)30(41)22-26)34(46)35(47)37(48)44-32(27-14-8-4-9-15-27)33(45)28-16-10-5-11-17-28/h3-19,22,24,31-36,45-47H,20-21,23H2,1-2H3,(H,42,50)(H,43,49)(H,44,48). The quantitative estimate of drug-likeness (QED) is 0.0909. The molecule has 6 atom stereocenters. The van der Waals surface area contributed by atoms with E-state index in [0.29, 0.717) is 23.1 Å². The first-order chi connectivity index (χ1) is 24.4. The average molecular weight is 737 g/mol. The molecule has 4 aromatic carbocycles. The van der Waals surface area contributed by atoms with E-state index in [1.54, 1.807) is 92.7 Å². The molecular formula is C39H43Cl2N3O7. The van der Waals surface area contributed by atoms with Gasteiger partial charge in [-0.2, -0.15) is 0 Å². The van der Waals surface area contributed by atoms with E-state index in [9.17, 15) is 29.7 Å². The summed E-state index contributed by atoms with van der Waals surface area (Å²) in [5.74, 6) is -2.22. The second-order valence-corrected chi connectivity index (χ2v) is 13.3. The SMILES string of the molecule is CC(C)C(OC(=O)NCCc1ccccc1)C(=O)NC(Cc1ccc(Cl)c(Cl)c1)C(O)C(O)C(=O)NC(c1ccccc1)C(O)c1ccccc1. The lowest BCUT2D eigenvalue weighted by molar-refractivity contribution is -0.141. The monoisotopic (exact) mass is 735 g/mol. The molecule has 0 heterocycles. The molecular weight excluding hydrogens is 693 g/mol. The van der Waals surface area contributed by atoms with Crippen molar-refractivity contribution in [3.8, 4) is 0 Å². The van der Waals surface area contributed by atoms with Crippen molar-refractivity contribution in [2.75, 3.05) is 6.54 Å². The summed E-state index contributed by atoms with van der Waals surface area (Å²) in [4.78, 5) is 39.9. The molecule has 0 saturated carbocycles. The molecule has 3 amide bonds. The van der Waals surface area contributed by atoms with Gasteiger partial charge < -0.3 is 36.0 Å². The van der Waals surface area contributed by atoms with Crippen LogP contribution in [0.15, 0.2) is 109 Å². The maximum Gasteiger partial charge on any atom is 0.407 e. The second-order valence-electron chi connectivity index (χ2n) is 12.5. The normalized spacial score (nSPS) is 14.7. The van der Waals surface area contributed by atoms with Crippen LogP contribution in [0.3, 0.4) is 0 Å². The lowest BCUT2D eigenvalue weighted by Crippen LogP contribution is -2.57. The lowest BCUT2D eigenvalue weighted by atomic mass is 9.94. The first-order valence-electron chi connectivity index (χ1n) is 16.6. The summed E-state index contributed by atoms with van der Waals surface area (Å²) in [6, 6.07) is 29.4. The number of amides is 3. The van der Waals surface area contributed by atoms with Crippen molar-refractivity contribution >= 4 is 41.1 Å². The number of halogens is 2. The van der Waals surface area contributed by atoms with Gasteiger partial charge in [-0.15, -0.1) is 0 Å². The molecule has 0 aromatic heterocycles. The molecule has 0 aliphatic heterocycles. The van der Waals surface area contributed by atoms with Crippen LogP contribution < -0.4 is 16.0 Å². The lowest BCUT2D eigenvalue weighted by Gasteiger charge is -2.31. The zero-order valence-corrected chi connectivity index (χ0v) is 29.8. The number of hydrogen-bond acceptors (Lipinski definition) is 7. The first kappa shape index (κ1) is 39.3. The zero-order valence-electron chi connectivity index (χ0n) is 28.3. The Balaban J connectivity index is 1.51. The fourth-order valence-corrected chi connectivity index (χ4v) is 5.83. The molecule has 12 heteroatoms. The van der Waals surface area contributed by atoms with Crippen LogP contribution in [0.2, 0.25) is 10.0 Å². The van der Waals surface area contributed by atoms with Crippen molar-refractivity contribution < 1.29 is 34.4 Å². The number of benzene rings is 4. The van der Waals surface area contributed by atoms with Crippen molar-refractivity contribution in [3.63, 3.8) is 0 Å². The van der Waals surface area contributed by atoms with Crippen LogP contribution in [-0.2, 0) is 27.2 Å². The van der Waals surface area contributed by atoms with Crippen molar-refractivity contribution in [1.29, 1.82) is 0 Å². The van der Waals surface area contributed by atoms with E-state index in [0.717, 1.165) is 5.56 Å². The number of ether oxygens (including phenoxy) is 1. The fourth-order valence-electron chi connectivity index (χ4n) is 5.51. The predicted molar refractivity (Wildman–Crippen MR) is 196 cm³/mol. The van der Waals surface area contributed by atoms with E-state index in [4.69, 9.17) is 27.9 Å². The number of aliphatic hydroxyl groups is 3. The fraction of sp³-hybridized carbons (Fsp3) is 0.308. The Kier molecular flexibility index (Phi) is 14.8. The van der Waals surface area contributed by atoms with Crippen LogP contribution in [0.5, 0.6) is 0 Å². The van der Waals surface area contributed by atoms with Gasteiger partial charge in [0.25, 0.3) is 11.8 Å². The third-order valence-electron chi connectivity index (χ3n) is 8.31. The largest absolute Gasteiger partial charge is 0.436 e. The van der Waals surface area contributed by atoms with Crippen molar-refractivity contribution in [2.45, 2.75) is 63.2 Å². The summed E-state index contributed by atoms with van der Waals surface area (Å²) in [7, 11) is 0. The highest BCUT2D eigenvalue weighted by atomic mass is 35.5. The minimum absolute atomic E-state index is 0.0863. The zero-order chi connectivity index (χ0) is 36.9. The topological polar surface area (TPSA) is 157 Å². The van der Waals surface area contributed by atoms with Crippen LogP contribution >= 0.6 is 23.2 Å². The molecule has 4 aromatic rings. The smallest absolute Gasteiger partial charge is 0.407 e. The van der Waals surface area contributed by atoms with E-state index in [1.165, 1.54) is 0 Å². The Morgan fingerprint density at radius 2 is 1.29 bits per heavy atom. The third kappa shape index (κ3) is 11.5. The summed E-state index contributed by atoms with van der Waals surface area (Å²) < 4.78 is 5.50. The highest BCUT2D eigenvalue weighted by Gasteiger charge is 2.37. The van der Waals surface area contributed by atoms with Gasteiger partial charge in [0.2, 0.25) is 0 Å². The van der Waals surface area contributed by atoms with Gasteiger partial charge in [-0.25, -0.2) is 4.79 Å². The number of hydrogen-bond donors (Lipinski definition) is 6. The van der Waals surface area contributed by atoms with Crippen LogP contribution in [0.25, 0.3) is 0 Å². The Morgan fingerprint density at radius 3 is 1.88 bits per heavy atom. The molecule has 0 saturated heterocycles. The molecule has 6 N–H and O–H groups in total. The Bertz CT molecular complexity index is 1710. The minimum Gasteiger partial charge on any atom is -0.436 e. The van der Waals surface area contributed by atoms with Crippen molar-refractivity contribution in [2.24, 2.45) is 5.92 Å². The molecule has 0 spiro atoms. The molecule has 51 heavy (non-hydrogen) atoms. The number of carbonyl (C=O) groups excluding carboxylic acids is 3. The van der Waals surface area contributed by atoms with E-state index >= 15 is 0 Å². The predicted octanol–water partition coefficient (Wildman–Crippen LogP) is 5.33. The highest BCUT2D eigenvalue weighted by Crippen LogP contribution is 2.29. The van der Waals surface area contributed by atoms with Gasteiger partial charge in [0.05, 0.1) is 22.1 Å². The molecule has 0 bridgehead atoms. The van der Waals surface area contributed by atoms with Gasteiger partial charge in [0.1, 0.15) is 12.2 Å².